The standard InChI is InChI=1S/C10H14ClNO3S/c1-8-2-5-10(15-8)6-12(9-3-4-9)16(13,14)7-11/h2,5,9H,3-4,6-7H2,1H3. The van der Waals surface area contributed by atoms with E-state index in [2.05, 4.69) is 0 Å². The summed E-state index contributed by atoms with van der Waals surface area (Å²) in [6, 6.07) is 3.73. The molecule has 0 saturated heterocycles. The highest BCUT2D eigenvalue weighted by atomic mass is 35.5. The van der Waals surface area contributed by atoms with Crippen molar-refractivity contribution in [3.05, 3.63) is 23.7 Å². The van der Waals surface area contributed by atoms with E-state index < -0.39 is 10.0 Å². The van der Waals surface area contributed by atoms with Gasteiger partial charge in [0.05, 0.1) is 6.54 Å². The maximum atomic E-state index is 11.7. The highest BCUT2D eigenvalue weighted by Crippen LogP contribution is 2.31. The molecule has 1 heterocycles. The molecule has 0 unspecified atom stereocenters. The van der Waals surface area contributed by atoms with Gasteiger partial charge in [-0.25, -0.2) is 8.42 Å². The molecule has 16 heavy (non-hydrogen) atoms. The lowest BCUT2D eigenvalue weighted by Gasteiger charge is -2.18. The van der Waals surface area contributed by atoms with Crippen molar-refractivity contribution in [2.45, 2.75) is 32.4 Å². The van der Waals surface area contributed by atoms with Crippen LogP contribution in [0.2, 0.25) is 0 Å². The van der Waals surface area contributed by atoms with E-state index in [1.54, 1.807) is 6.07 Å². The molecule has 90 valence electrons. The lowest BCUT2D eigenvalue weighted by molar-refractivity contribution is 0.353. The molecule has 0 spiro atoms. The quantitative estimate of drug-likeness (QED) is 0.765. The van der Waals surface area contributed by atoms with Crippen LogP contribution < -0.4 is 0 Å². The molecule has 0 aliphatic heterocycles. The van der Waals surface area contributed by atoms with Crippen LogP contribution >= 0.6 is 11.6 Å². The third kappa shape index (κ3) is 2.59. The molecule has 1 aromatic heterocycles. The predicted octanol–water partition coefficient (Wildman–Crippen LogP) is 2.08. The Labute approximate surface area is 100 Å². The van der Waals surface area contributed by atoms with E-state index in [0.717, 1.165) is 18.6 Å². The first-order valence-electron chi connectivity index (χ1n) is 5.14. The zero-order valence-electron chi connectivity index (χ0n) is 9.02. The molecule has 1 aliphatic carbocycles. The second-order valence-electron chi connectivity index (χ2n) is 4.01. The molecule has 0 atom stereocenters. The number of aryl methyl sites for hydroxylation is 1. The van der Waals surface area contributed by atoms with Crippen LogP contribution in [0.15, 0.2) is 16.5 Å². The summed E-state index contributed by atoms with van der Waals surface area (Å²) in [6.07, 6.45) is 1.83. The summed E-state index contributed by atoms with van der Waals surface area (Å²) in [5.41, 5.74) is 0. The Kier molecular flexibility index (Phi) is 3.28. The van der Waals surface area contributed by atoms with Gasteiger partial charge in [0.1, 0.15) is 16.7 Å². The molecule has 0 amide bonds. The van der Waals surface area contributed by atoms with Crippen LogP contribution in [0.1, 0.15) is 24.4 Å². The summed E-state index contributed by atoms with van der Waals surface area (Å²) in [7, 11) is -3.35. The Morgan fingerprint density at radius 2 is 2.19 bits per heavy atom. The molecular weight excluding hydrogens is 250 g/mol. The van der Waals surface area contributed by atoms with Gasteiger partial charge in [-0.3, -0.25) is 0 Å². The topological polar surface area (TPSA) is 50.5 Å². The molecule has 4 nitrogen and oxygen atoms in total. The van der Waals surface area contributed by atoms with E-state index in [0.29, 0.717) is 5.76 Å². The van der Waals surface area contributed by atoms with Crippen molar-refractivity contribution in [2.24, 2.45) is 0 Å². The highest BCUT2D eigenvalue weighted by Gasteiger charge is 2.37. The van der Waals surface area contributed by atoms with Gasteiger partial charge >= 0.3 is 0 Å². The summed E-state index contributed by atoms with van der Waals surface area (Å²) < 4.78 is 30.3. The number of nitrogens with zero attached hydrogens (tertiary/aromatic N) is 1. The van der Waals surface area contributed by atoms with Crippen molar-refractivity contribution >= 4 is 21.6 Å². The number of rotatable bonds is 5. The minimum Gasteiger partial charge on any atom is -0.465 e. The number of hydrogen-bond donors (Lipinski definition) is 0. The van der Waals surface area contributed by atoms with Crippen molar-refractivity contribution in [1.82, 2.24) is 4.31 Å². The first-order chi connectivity index (χ1) is 7.53. The lowest BCUT2D eigenvalue weighted by Crippen LogP contribution is -2.33. The minimum absolute atomic E-state index is 0.106. The van der Waals surface area contributed by atoms with Crippen LogP contribution in [0.25, 0.3) is 0 Å². The maximum Gasteiger partial charge on any atom is 0.228 e. The number of halogens is 1. The molecule has 6 heteroatoms. The molecule has 1 saturated carbocycles. The average Bonchev–Trinajstić information content (AvgIpc) is 2.99. The van der Waals surface area contributed by atoms with Gasteiger partial charge in [-0.05, 0) is 31.9 Å². The zero-order chi connectivity index (χ0) is 11.8. The van der Waals surface area contributed by atoms with Gasteiger partial charge in [0.2, 0.25) is 10.0 Å². The monoisotopic (exact) mass is 263 g/mol. The van der Waals surface area contributed by atoms with Crippen molar-refractivity contribution in [3.63, 3.8) is 0 Å². The van der Waals surface area contributed by atoms with Gasteiger partial charge in [0.15, 0.2) is 0 Å². The van der Waals surface area contributed by atoms with E-state index in [9.17, 15) is 8.42 Å². The van der Waals surface area contributed by atoms with Gasteiger partial charge in [0, 0.05) is 6.04 Å². The maximum absolute atomic E-state index is 11.7. The Morgan fingerprint density at radius 3 is 2.62 bits per heavy atom. The fraction of sp³-hybridized carbons (Fsp3) is 0.600. The van der Waals surface area contributed by atoms with E-state index in [-0.39, 0.29) is 17.8 Å². The molecule has 0 N–H and O–H groups in total. The fourth-order valence-corrected chi connectivity index (χ4v) is 3.09. The van der Waals surface area contributed by atoms with Crippen LogP contribution in [0.5, 0.6) is 0 Å². The van der Waals surface area contributed by atoms with Crippen molar-refractivity contribution in [1.29, 1.82) is 0 Å². The van der Waals surface area contributed by atoms with E-state index >= 15 is 0 Å². The van der Waals surface area contributed by atoms with Gasteiger partial charge < -0.3 is 4.42 Å². The van der Waals surface area contributed by atoms with Crippen LogP contribution in [-0.2, 0) is 16.6 Å². The Morgan fingerprint density at radius 1 is 1.50 bits per heavy atom. The number of alkyl halides is 1. The lowest BCUT2D eigenvalue weighted by atomic mass is 10.4. The van der Waals surface area contributed by atoms with Gasteiger partial charge in [-0.15, -0.1) is 11.6 Å². The van der Waals surface area contributed by atoms with Gasteiger partial charge in [0.25, 0.3) is 0 Å². The third-order valence-electron chi connectivity index (χ3n) is 2.56. The summed E-state index contributed by atoms with van der Waals surface area (Å²) >= 11 is 5.47. The van der Waals surface area contributed by atoms with E-state index in [4.69, 9.17) is 16.0 Å². The predicted molar refractivity (Wildman–Crippen MR) is 61.6 cm³/mol. The summed E-state index contributed by atoms with van der Waals surface area (Å²) in [5, 5.41) is -0.372. The highest BCUT2D eigenvalue weighted by molar-refractivity contribution is 7.90. The first kappa shape index (κ1) is 12.0. The molecule has 0 radical (unpaired) electrons. The summed E-state index contributed by atoms with van der Waals surface area (Å²) in [5.74, 6) is 1.45. The molecule has 1 fully saturated rings. The minimum atomic E-state index is -3.35. The normalized spacial score (nSPS) is 16.9. The number of hydrogen-bond acceptors (Lipinski definition) is 3. The number of furan rings is 1. The average molecular weight is 264 g/mol. The largest absolute Gasteiger partial charge is 0.465 e. The second kappa shape index (κ2) is 4.39. The Bertz CT molecular complexity index is 464. The molecule has 0 aromatic carbocycles. The van der Waals surface area contributed by atoms with E-state index in [1.165, 1.54) is 4.31 Å². The molecular formula is C10H14ClNO3S. The SMILES string of the molecule is Cc1ccc(CN(C2CC2)S(=O)(=O)CCl)o1. The summed E-state index contributed by atoms with van der Waals surface area (Å²) in [4.78, 5) is 0. The molecule has 1 aromatic rings. The van der Waals surface area contributed by atoms with Gasteiger partial charge in [-0.2, -0.15) is 4.31 Å². The van der Waals surface area contributed by atoms with Gasteiger partial charge in [-0.1, -0.05) is 0 Å². The van der Waals surface area contributed by atoms with Crippen LogP contribution in [0.3, 0.4) is 0 Å². The Balaban J connectivity index is 2.15. The Hall–Kier alpha value is -0.520. The smallest absolute Gasteiger partial charge is 0.228 e. The molecule has 1 aliphatic rings. The second-order valence-corrected chi connectivity index (χ2v) is 6.52. The van der Waals surface area contributed by atoms with Crippen molar-refractivity contribution < 1.29 is 12.8 Å². The molecule has 2 rings (SSSR count). The first-order valence-corrected chi connectivity index (χ1v) is 7.28. The summed E-state index contributed by atoms with van der Waals surface area (Å²) in [6.45, 7) is 2.12. The zero-order valence-corrected chi connectivity index (χ0v) is 10.6. The van der Waals surface area contributed by atoms with Crippen LogP contribution in [0, 0.1) is 6.92 Å². The van der Waals surface area contributed by atoms with Crippen molar-refractivity contribution in [2.75, 3.05) is 5.21 Å². The molecule has 0 bridgehead atoms. The van der Waals surface area contributed by atoms with Crippen molar-refractivity contribution in [3.8, 4) is 0 Å². The fourth-order valence-electron chi connectivity index (χ4n) is 1.60. The number of sulfonamides is 1. The van der Waals surface area contributed by atoms with E-state index in [1.807, 2.05) is 13.0 Å². The van der Waals surface area contributed by atoms with Crippen LogP contribution in [0.4, 0.5) is 0 Å². The van der Waals surface area contributed by atoms with Crippen LogP contribution in [-0.4, -0.2) is 24.0 Å². The third-order valence-corrected chi connectivity index (χ3v) is 4.80.